The number of Topliss-reactive ketones (excluding diaryl/α,β-unsaturated/α-hetero) is 1. The lowest BCUT2D eigenvalue weighted by Gasteiger charge is -2.45. The van der Waals surface area contributed by atoms with Gasteiger partial charge in [-0.3, -0.25) is 4.79 Å². The van der Waals surface area contributed by atoms with Gasteiger partial charge in [0, 0.05) is 12.3 Å². The van der Waals surface area contributed by atoms with E-state index in [9.17, 15) is 4.79 Å². The third-order valence-electron chi connectivity index (χ3n) is 4.51. The van der Waals surface area contributed by atoms with Gasteiger partial charge in [0.1, 0.15) is 5.78 Å². The molecular formula is C15H28O2Si. The van der Waals surface area contributed by atoms with E-state index >= 15 is 0 Å². The Hall–Kier alpha value is -0.153. The van der Waals surface area contributed by atoms with Crippen molar-refractivity contribution in [3.05, 3.63) is 0 Å². The SMILES string of the molecule is CC1(C)CC(=O)[C@@H]2[C@H](O[Si](C)(C)C)CC[C@]2(C)C1. The summed E-state index contributed by atoms with van der Waals surface area (Å²) in [5, 5.41) is 0. The normalized spacial score (nSPS) is 39.8. The van der Waals surface area contributed by atoms with Crippen LogP contribution in [0.15, 0.2) is 0 Å². The number of carbonyl (C=O) groups excluding carboxylic acids is 1. The molecule has 0 aromatic heterocycles. The Kier molecular flexibility index (Phi) is 3.30. The molecule has 18 heavy (non-hydrogen) atoms. The zero-order chi connectivity index (χ0) is 13.8. The van der Waals surface area contributed by atoms with Crippen LogP contribution in [-0.2, 0) is 9.22 Å². The van der Waals surface area contributed by atoms with Crippen molar-refractivity contribution in [1.82, 2.24) is 0 Å². The van der Waals surface area contributed by atoms with Crippen LogP contribution in [0.3, 0.4) is 0 Å². The molecule has 0 aromatic carbocycles. The van der Waals surface area contributed by atoms with E-state index in [0.29, 0.717) is 5.78 Å². The highest BCUT2D eigenvalue weighted by Crippen LogP contribution is 2.56. The van der Waals surface area contributed by atoms with E-state index in [-0.39, 0.29) is 22.9 Å². The Labute approximate surface area is 113 Å². The van der Waals surface area contributed by atoms with Crippen LogP contribution in [0.2, 0.25) is 19.6 Å². The molecule has 0 saturated heterocycles. The van der Waals surface area contributed by atoms with Gasteiger partial charge in [-0.05, 0) is 49.7 Å². The highest BCUT2D eigenvalue weighted by molar-refractivity contribution is 6.69. The van der Waals surface area contributed by atoms with Gasteiger partial charge in [0.05, 0.1) is 6.10 Å². The van der Waals surface area contributed by atoms with E-state index in [1.807, 2.05) is 0 Å². The highest BCUT2D eigenvalue weighted by atomic mass is 28.4. The summed E-state index contributed by atoms with van der Waals surface area (Å²) in [5.41, 5.74) is 0.361. The number of rotatable bonds is 2. The predicted molar refractivity (Wildman–Crippen MR) is 77.1 cm³/mol. The molecular weight excluding hydrogens is 240 g/mol. The summed E-state index contributed by atoms with van der Waals surface area (Å²) in [4.78, 5) is 12.5. The van der Waals surface area contributed by atoms with Crippen molar-refractivity contribution in [1.29, 1.82) is 0 Å². The highest BCUT2D eigenvalue weighted by Gasteiger charge is 2.55. The zero-order valence-electron chi connectivity index (χ0n) is 12.8. The molecule has 0 bridgehead atoms. The van der Waals surface area contributed by atoms with Gasteiger partial charge in [-0.15, -0.1) is 0 Å². The molecule has 2 aliphatic carbocycles. The Morgan fingerprint density at radius 1 is 1.22 bits per heavy atom. The lowest BCUT2D eigenvalue weighted by molar-refractivity contribution is -0.137. The van der Waals surface area contributed by atoms with Crippen LogP contribution in [0.1, 0.15) is 46.5 Å². The van der Waals surface area contributed by atoms with Gasteiger partial charge in [-0.2, -0.15) is 0 Å². The molecule has 0 aromatic rings. The number of ketones is 1. The van der Waals surface area contributed by atoms with Crippen molar-refractivity contribution in [2.24, 2.45) is 16.7 Å². The van der Waals surface area contributed by atoms with Crippen molar-refractivity contribution in [3.8, 4) is 0 Å². The van der Waals surface area contributed by atoms with Crippen LogP contribution in [0.5, 0.6) is 0 Å². The molecule has 2 aliphatic rings. The zero-order valence-corrected chi connectivity index (χ0v) is 13.8. The minimum absolute atomic E-state index is 0.164. The number of hydrogen-bond acceptors (Lipinski definition) is 2. The fourth-order valence-electron chi connectivity index (χ4n) is 4.36. The second-order valence-electron chi connectivity index (χ2n) is 8.42. The van der Waals surface area contributed by atoms with Gasteiger partial charge in [-0.25, -0.2) is 0 Å². The summed E-state index contributed by atoms with van der Waals surface area (Å²) in [5.74, 6) is 0.617. The average molecular weight is 268 g/mol. The van der Waals surface area contributed by atoms with E-state index in [2.05, 4.69) is 40.4 Å². The summed E-state index contributed by atoms with van der Waals surface area (Å²) in [6.07, 6.45) is 4.33. The van der Waals surface area contributed by atoms with Crippen LogP contribution >= 0.6 is 0 Å². The summed E-state index contributed by atoms with van der Waals surface area (Å²) in [6.45, 7) is 13.4. The summed E-state index contributed by atoms with van der Waals surface area (Å²) in [7, 11) is -1.55. The van der Waals surface area contributed by atoms with Crippen LogP contribution in [0, 0.1) is 16.7 Å². The number of carbonyl (C=O) groups is 1. The van der Waals surface area contributed by atoms with E-state index in [1.165, 1.54) is 6.42 Å². The Morgan fingerprint density at radius 3 is 2.39 bits per heavy atom. The van der Waals surface area contributed by atoms with Crippen molar-refractivity contribution in [3.63, 3.8) is 0 Å². The molecule has 0 aliphatic heterocycles. The first kappa shape index (κ1) is 14.3. The number of fused-ring (bicyclic) bond motifs is 1. The summed E-state index contributed by atoms with van der Waals surface area (Å²) < 4.78 is 6.29. The first-order valence-corrected chi connectivity index (χ1v) is 10.6. The third kappa shape index (κ3) is 2.72. The molecule has 0 radical (unpaired) electrons. The number of hydrogen-bond donors (Lipinski definition) is 0. The van der Waals surface area contributed by atoms with Crippen molar-refractivity contribution in [2.45, 2.75) is 72.2 Å². The second kappa shape index (κ2) is 4.17. The monoisotopic (exact) mass is 268 g/mol. The van der Waals surface area contributed by atoms with Crippen LogP contribution in [0.4, 0.5) is 0 Å². The van der Waals surface area contributed by atoms with E-state index < -0.39 is 8.32 Å². The van der Waals surface area contributed by atoms with Gasteiger partial charge >= 0.3 is 0 Å². The van der Waals surface area contributed by atoms with Gasteiger partial charge in [0.15, 0.2) is 8.32 Å². The third-order valence-corrected chi connectivity index (χ3v) is 5.52. The maximum atomic E-state index is 12.5. The minimum Gasteiger partial charge on any atom is -0.414 e. The van der Waals surface area contributed by atoms with Gasteiger partial charge in [-0.1, -0.05) is 20.8 Å². The molecule has 3 atom stereocenters. The second-order valence-corrected chi connectivity index (χ2v) is 12.9. The molecule has 2 rings (SSSR count). The quantitative estimate of drug-likeness (QED) is 0.707. The van der Waals surface area contributed by atoms with Crippen molar-refractivity contribution in [2.75, 3.05) is 0 Å². The molecule has 2 fully saturated rings. The van der Waals surface area contributed by atoms with Gasteiger partial charge in [0.25, 0.3) is 0 Å². The van der Waals surface area contributed by atoms with Crippen molar-refractivity contribution >= 4 is 14.1 Å². The fraction of sp³-hybridized carbons (Fsp3) is 0.933. The van der Waals surface area contributed by atoms with E-state index in [0.717, 1.165) is 19.3 Å². The van der Waals surface area contributed by atoms with Gasteiger partial charge < -0.3 is 4.43 Å². The minimum atomic E-state index is -1.55. The predicted octanol–water partition coefficient (Wildman–Crippen LogP) is 4.01. The Morgan fingerprint density at radius 2 is 1.83 bits per heavy atom. The van der Waals surface area contributed by atoms with E-state index in [1.54, 1.807) is 0 Å². The van der Waals surface area contributed by atoms with E-state index in [4.69, 9.17) is 4.43 Å². The Bertz CT molecular complexity index is 356. The lowest BCUT2D eigenvalue weighted by Crippen LogP contribution is -2.47. The van der Waals surface area contributed by atoms with Crippen LogP contribution in [-0.4, -0.2) is 20.2 Å². The molecule has 0 N–H and O–H groups in total. The molecule has 0 spiro atoms. The summed E-state index contributed by atoms with van der Waals surface area (Å²) in [6, 6.07) is 0. The Balaban J connectivity index is 2.21. The fourth-order valence-corrected chi connectivity index (χ4v) is 5.52. The maximum Gasteiger partial charge on any atom is 0.184 e. The van der Waals surface area contributed by atoms with Crippen LogP contribution in [0.25, 0.3) is 0 Å². The average Bonchev–Trinajstić information content (AvgIpc) is 2.36. The van der Waals surface area contributed by atoms with Crippen LogP contribution < -0.4 is 0 Å². The molecule has 0 amide bonds. The topological polar surface area (TPSA) is 26.3 Å². The maximum absolute atomic E-state index is 12.5. The van der Waals surface area contributed by atoms with Crippen molar-refractivity contribution < 1.29 is 9.22 Å². The molecule has 104 valence electrons. The molecule has 3 heteroatoms. The molecule has 0 heterocycles. The molecule has 2 nitrogen and oxygen atoms in total. The molecule has 0 unspecified atom stereocenters. The standard InChI is InChI=1S/C15H28O2Si/c1-14(2)9-11(16)13-12(17-18(4,5)6)7-8-15(13,3)10-14/h12-13H,7-10H2,1-6H3/t12-,13-,15-/m1/s1. The summed E-state index contributed by atoms with van der Waals surface area (Å²) >= 11 is 0. The first-order chi connectivity index (χ1) is 8.03. The first-order valence-electron chi connectivity index (χ1n) is 7.23. The smallest absolute Gasteiger partial charge is 0.184 e. The lowest BCUT2D eigenvalue weighted by atomic mass is 9.59. The van der Waals surface area contributed by atoms with Gasteiger partial charge in [0.2, 0.25) is 0 Å². The molecule has 2 saturated carbocycles. The largest absolute Gasteiger partial charge is 0.414 e.